The Hall–Kier alpha value is -2.24. The molecule has 3 N–H and O–H groups in total. The molecule has 4 nitrogen and oxygen atoms in total. The van der Waals surface area contributed by atoms with E-state index in [0.717, 1.165) is 31.5 Å². The molecule has 1 saturated heterocycles. The number of nitrogens with one attached hydrogen (secondary N) is 1. The monoisotopic (exact) mass is 369 g/mol. The predicted octanol–water partition coefficient (Wildman–Crippen LogP) is 2.82. The fourth-order valence-electron chi connectivity index (χ4n) is 3.82. The highest BCUT2D eigenvalue weighted by atomic mass is 19.1. The van der Waals surface area contributed by atoms with E-state index in [1.165, 1.54) is 6.07 Å². The van der Waals surface area contributed by atoms with Crippen LogP contribution in [0.15, 0.2) is 54.6 Å². The molecule has 0 bridgehead atoms. The highest BCUT2D eigenvalue weighted by Gasteiger charge is 2.36. The fourth-order valence-corrected chi connectivity index (χ4v) is 3.82. The van der Waals surface area contributed by atoms with Crippen molar-refractivity contribution in [1.82, 2.24) is 10.2 Å². The molecule has 2 aromatic rings. The van der Waals surface area contributed by atoms with Crippen LogP contribution in [-0.4, -0.2) is 37.0 Å². The van der Waals surface area contributed by atoms with Gasteiger partial charge in [-0.1, -0.05) is 48.5 Å². The van der Waals surface area contributed by atoms with Gasteiger partial charge in [0.1, 0.15) is 5.82 Å². The van der Waals surface area contributed by atoms with Crippen molar-refractivity contribution >= 4 is 5.91 Å². The molecule has 0 unspecified atom stereocenters. The molecule has 0 radical (unpaired) electrons. The summed E-state index contributed by atoms with van der Waals surface area (Å²) in [6.07, 6.45) is 2.25. The molecule has 27 heavy (non-hydrogen) atoms. The zero-order valence-electron chi connectivity index (χ0n) is 15.8. The molecular weight excluding hydrogens is 341 g/mol. The molecular formula is C22H28FN3O. The third-order valence-electron chi connectivity index (χ3n) is 5.43. The highest BCUT2D eigenvalue weighted by molar-refractivity contribution is 5.77. The summed E-state index contributed by atoms with van der Waals surface area (Å²) in [6, 6.07) is 16.3. The number of likely N-dealkylation sites (tertiary alicyclic amines) is 1. The molecule has 0 spiro atoms. The van der Waals surface area contributed by atoms with E-state index in [-0.39, 0.29) is 23.7 Å². The van der Waals surface area contributed by atoms with Gasteiger partial charge in [0.2, 0.25) is 5.91 Å². The predicted molar refractivity (Wildman–Crippen MR) is 106 cm³/mol. The number of piperidine rings is 1. The minimum Gasteiger partial charge on any atom is -0.346 e. The maximum Gasteiger partial charge on any atom is 0.222 e. The molecule has 1 aliphatic rings. The third-order valence-corrected chi connectivity index (χ3v) is 5.43. The van der Waals surface area contributed by atoms with Crippen LogP contribution in [0.3, 0.4) is 0 Å². The van der Waals surface area contributed by atoms with Crippen LogP contribution in [0.1, 0.15) is 30.4 Å². The first-order valence-electron chi connectivity index (χ1n) is 9.52. The first-order chi connectivity index (χ1) is 13.0. The van der Waals surface area contributed by atoms with Crippen molar-refractivity contribution in [1.29, 1.82) is 0 Å². The van der Waals surface area contributed by atoms with Crippen LogP contribution in [0.25, 0.3) is 0 Å². The van der Waals surface area contributed by atoms with Gasteiger partial charge in [-0.05, 0) is 43.5 Å². The maximum atomic E-state index is 13.8. The molecule has 1 heterocycles. The topological polar surface area (TPSA) is 58.4 Å². The number of carbonyl (C=O) groups is 1. The van der Waals surface area contributed by atoms with Crippen LogP contribution in [0.2, 0.25) is 0 Å². The zero-order valence-corrected chi connectivity index (χ0v) is 15.8. The number of rotatable bonds is 6. The van der Waals surface area contributed by atoms with Crippen molar-refractivity contribution < 1.29 is 9.18 Å². The Morgan fingerprint density at radius 3 is 2.44 bits per heavy atom. The summed E-state index contributed by atoms with van der Waals surface area (Å²) in [5.41, 5.74) is 7.47. The van der Waals surface area contributed by atoms with Gasteiger partial charge in [-0.3, -0.25) is 4.79 Å². The van der Waals surface area contributed by atoms with E-state index < -0.39 is 6.04 Å². The van der Waals surface area contributed by atoms with Crippen molar-refractivity contribution in [2.45, 2.75) is 37.3 Å². The lowest BCUT2D eigenvalue weighted by Gasteiger charge is -2.42. The lowest BCUT2D eigenvalue weighted by atomic mass is 9.80. The van der Waals surface area contributed by atoms with E-state index in [2.05, 4.69) is 29.4 Å². The van der Waals surface area contributed by atoms with E-state index in [4.69, 9.17) is 5.73 Å². The summed E-state index contributed by atoms with van der Waals surface area (Å²) < 4.78 is 13.8. The van der Waals surface area contributed by atoms with Crippen molar-refractivity contribution in [3.8, 4) is 0 Å². The maximum absolute atomic E-state index is 13.8. The van der Waals surface area contributed by atoms with Crippen LogP contribution in [0, 0.1) is 5.82 Å². The number of nitrogens with zero attached hydrogens (tertiary/aromatic N) is 1. The Bertz CT molecular complexity index is 757. The molecule has 2 aromatic carbocycles. The van der Waals surface area contributed by atoms with Crippen molar-refractivity contribution in [3.05, 3.63) is 71.5 Å². The molecule has 3 rings (SSSR count). The highest BCUT2D eigenvalue weighted by Crippen LogP contribution is 2.32. The van der Waals surface area contributed by atoms with E-state index >= 15 is 0 Å². The average molecular weight is 369 g/mol. The third kappa shape index (κ3) is 4.93. The quantitative estimate of drug-likeness (QED) is 0.823. The number of hydrogen-bond acceptors (Lipinski definition) is 3. The molecule has 0 saturated carbocycles. The number of benzene rings is 2. The van der Waals surface area contributed by atoms with Gasteiger partial charge in [0.25, 0.3) is 0 Å². The molecule has 5 heteroatoms. The van der Waals surface area contributed by atoms with E-state index in [0.29, 0.717) is 12.0 Å². The lowest BCUT2D eigenvalue weighted by molar-refractivity contribution is -0.124. The second kappa shape index (κ2) is 8.63. The largest absolute Gasteiger partial charge is 0.346 e. The number of hydrogen-bond donors (Lipinski definition) is 2. The van der Waals surface area contributed by atoms with Gasteiger partial charge < -0.3 is 16.0 Å². The van der Waals surface area contributed by atoms with Crippen LogP contribution in [0.5, 0.6) is 0 Å². The standard InChI is InChI=1S/C22H28FN3O/c1-26-13-11-22(12-14-26,18-8-3-2-4-9-18)25-21(27)16-19(24)15-17-7-5-6-10-20(17)23/h2-10,19H,11-16,24H2,1H3,(H,25,27)/t19-/m1/s1. The summed E-state index contributed by atoms with van der Waals surface area (Å²) in [6.45, 7) is 1.85. The minimum absolute atomic E-state index is 0.0766. The van der Waals surface area contributed by atoms with Crippen LogP contribution in [-0.2, 0) is 16.8 Å². The average Bonchev–Trinajstić information content (AvgIpc) is 2.66. The minimum atomic E-state index is -0.416. The number of nitrogens with two attached hydrogens (primary N) is 1. The van der Waals surface area contributed by atoms with Gasteiger partial charge in [-0.25, -0.2) is 4.39 Å². The second-order valence-corrected chi connectivity index (χ2v) is 7.56. The molecule has 1 fully saturated rings. The first kappa shape index (κ1) is 19.5. The number of carbonyl (C=O) groups excluding carboxylic acids is 1. The van der Waals surface area contributed by atoms with Gasteiger partial charge in [0.05, 0.1) is 5.54 Å². The van der Waals surface area contributed by atoms with Crippen LogP contribution in [0.4, 0.5) is 4.39 Å². The molecule has 0 aromatic heterocycles. The summed E-state index contributed by atoms with van der Waals surface area (Å²) in [5, 5.41) is 3.26. The Labute approximate surface area is 160 Å². The molecule has 144 valence electrons. The first-order valence-corrected chi connectivity index (χ1v) is 9.52. The smallest absolute Gasteiger partial charge is 0.222 e. The van der Waals surface area contributed by atoms with Gasteiger partial charge in [0, 0.05) is 25.6 Å². The number of amides is 1. The second-order valence-electron chi connectivity index (χ2n) is 7.56. The van der Waals surface area contributed by atoms with E-state index in [9.17, 15) is 9.18 Å². The van der Waals surface area contributed by atoms with Crippen molar-refractivity contribution in [2.24, 2.45) is 5.73 Å². The fraction of sp³-hybridized carbons (Fsp3) is 0.409. The van der Waals surface area contributed by atoms with E-state index in [1.54, 1.807) is 18.2 Å². The van der Waals surface area contributed by atoms with Crippen LogP contribution >= 0.6 is 0 Å². The van der Waals surface area contributed by atoms with Gasteiger partial charge in [-0.2, -0.15) is 0 Å². The SMILES string of the molecule is CN1CCC(NC(=O)C[C@H](N)Cc2ccccc2F)(c2ccccc2)CC1. The number of halogens is 1. The molecule has 1 atom stereocenters. The van der Waals surface area contributed by atoms with Gasteiger partial charge in [0.15, 0.2) is 0 Å². The molecule has 0 aliphatic carbocycles. The van der Waals surface area contributed by atoms with Gasteiger partial charge >= 0.3 is 0 Å². The van der Waals surface area contributed by atoms with Crippen LogP contribution < -0.4 is 11.1 Å². The Balaban J connectivity index is 1.67. The Kier molecular flexibility index (Phi) is 6.24. The molecule has 1 amide bonds. The summed E-state index contributed by atoms with van der Waals surface area (Å²) >= 11 is 0. The lowest BCUT2D eigenvalue weighted by Crippen LogP contribution is -2.53. The normalized spacial score (nSPS) is 18.0. The summed E-state index contributed by atoms with van der Waals surface area (Å²) in [4.78, 5) is 15.0. The van der Waals surface area contributed by atoms with Gasteiger partial charge in [-0.15, -0.1) is 0 Å². The van der Waals surface area contributed by atoms with E-state index in [1.807, 2.05) is 18.2 Å². The molecule has 1 aliphatic heterocycles. The Morgan fingerprint density at radius 1 is 1.15 bits per heavy atom. The van der Waals surface area contributed by atoms with Crippen molar-refractivity contribution in [2.75, 3.05) is 20.1 Å². The van der Waals surface area contributed by atoms with Crippen molar-refractivity contribution in [3.63, 3.8) is 0 Å². The Morgan fingerprint density at radius 2 is 1.78 bits per heavy atom. The summed E-state index contributed by atoms with van der Waals surface area (Å²) in [7, 11) is 2.10. The summed E-state index contributed by atoms with van der Waals surface area (Å²) in [5.74, 6) is -0.350. The zero-order chi connectivity index (χ0) is 19.3.